The third-order valence-electron chi connectivity index (χ3n) is 2.70. The SMILES string of the molecule is Cc1ccnc(-c2noc(C(C)C(C)O)n2)c1. The van der Waals surface area contributed by atoms with E-state index < -0.39 is 6.10 Å². The normalized spacial score (nSPS) is 14.6. The zero-order valence-corrected chi connectivity index (χ0v) is 10.1. The second-order valence-electron chi connectivity index (χ2n) is 4.20. The number of rotatable bonds is 3. The maximum absolute atomic E-state index is 9.45. The van der Waals surface area contributed by atoms with Crippen LogP contribution in [0.3, 0.4) is 0 Å². The van der Waals surface area contributed by atoms with Gasteiger partial charge in [0.1, 0.15) is 5.69 Å². The number of aryl methyl sites for hydroxylation is 1. The molecular formula is C12H15N3O2. The summed E-state index contributed by atoms with van der Waals surface area (Å²) < 4.78 is 5.12. The van der Waals surface area contributed by atoms with E-state index in [1.807, 2.05) is 26.0 Å². The van der Waals surface area contributed by atoms with Gasteiger partial charge in [0.2, 0.25) is 11.7 Å². The van der Waals surface area contributed by atoms with Crippen molar-refractivity contribution in [3.63, 3.8) is 0 Å². The summed E-state index contributed by atoms with van der Waals surface area (Å²) in [5.41, 5.74) is 1.77. The Morgan fingerprint density at radius 3 is 2.76 bits per heavy atom. The lowest BCUT2D eigenvalue weighted by atomic mass is 10.1. The second kappa shape index (κ2) is 4.63. The molecule has 2 unspecified atom stereocenters. The average molecular weight is 233 g/mol. The Bertz CT molecular complexity index is 508. The Labute approximate surface area is 99.5 Å². The molecule has 2 aromatic heterocycles. The van der Waals surface area contributed by atoms with Gasteiger partial charge in [-0.2, -0.15) is 4.98 Å². The number of hydrogen-bond donors (Lipinski definition) is 1. The van der Waals surface area contributed by atoms with Crippen molar-refractivity contribution in [2.75, 3.05) is 0 Å². The Hall–Kier alpha value is -1.75. The summed E-state index contributed by atoms with van der Waals surface area (Å²) in [7, 11) is 0. The minimum atomic E-state index is -0.520. The lowest BCUT2D eigenvalue weighted by molar-refractivity contribution is 0.151. The van der Waals surface area contributed by atoms with Gasteiger partial charge in [-0.15, -0.1) is 0 Å². The number of nitrogens with zero attached hydrogens (tertiary/aromatic N) is 3. The fraction of sp³-hybridized carbons (Fsp3) is 0.417. The van der Waals surface area contributed by atoms with E-state index in [0.717, 1.165) is 5.56 Å². The molecule has 1 N–H and O–H groups in total. The predicted octanol–water partition coefficient (Wildman–Crippen LogP) is 1.92. The van der Waals surface area contributed by atoms with E-state index in [9.17, 15) is 5.11 Å². The van der Waals surface area contributed by atoms with Gasteiger partial charge in [-0.1, -0.05) is 12.1 Å². The molecule has 0 aliphatic carbocycles. The van der Waals surface area contributed by atoms with Gasteiger partial charge in [-0.25, -0.2) is 0 Å². The summed E-state index contributed by atoms with van der Waals surface area (Å²) in [6.45, 7) is 5.51. The van der Waals surface area contributed by atoms with Crippen molar-refractivity contribution in [3.05, 3.63) is 29.8 Å². The Balaban J connectivity index is 2.30. The summed E-state index contributed by atoms with van der Waals surface area (Å²) in [5.74, 6) is 0.704. The van der Waals surface area contributed by atoms with Crippen LogP contribution >= 0.6 is 0 Å². The van der Waals surface area contributed by atoms with Crippen LogP contribution in [0, 0.1) is 6.92 Å². The Morgan fingerprint density at radius 2 is 2.12 bits per heavy atom. The topological polar surface area (TPSA) is 72.0 Å². The summed E-state index contributed by atoms with van der Waals surface area (Å²) in [6, 6.07) is 3.80. The quantitative estimate of drug-likeness (QED) is 0.876. The van der Waals surface area contributed by atoms with Crippen LogP contribution < -0.4 is 0 Å². The molecule has 2 atom stereocenters. The first kappa shape index (κ1) is 11.7. The zero-order valence-electron chi connectivity index (χ0n) is 10.1. The van der Waals surface area contributed by atoms with Crippen molar-refractivity contribution in [2.45, 2.75) is 32.8 Å². The van der Waals surface area contributed by atoms with Crippen LogP contribution in [-0.4, -0.2) is 26.3 Å². The van der Waals surface area contributed by atoms with Gasteiger partial charge in [0, 0.05) is 6.20 Å². The molecule has 0 fully saturated rings. The van der Waals surface area contributed by atoms with Crippen molar-refractivity contribution in [3.8, 4) is 11.5 Å². The lowest BCUT2D eigenvalue weighted by Crippen LogP contribution is -2.11. The largest absolute Gasteiger partial charge is 0.393 e. The van der Waals surface area contributed by atoms with Crippen molar-refractivity contribution in [2.24, 2.45) is 0 Å². The molecule has 0 bridgehead atoms. The molecule has 0 saturated heterocycles. The van der Waals surface area contributed by atoms with Gasteiger partial charge >= 0.3 is 0 Å². The summed E-state index contributed by atoms with van der Waals surface area (Å²) >= 11 is 0. The van der Waals surface area contributed by atoms with Gasteiger partial charge in [0.15, 0.2) is 0 Å². The van der Waals surface area contributed by atoms with Gasteiger partial charge in [-0.3, -0.25) is 4.98 Å². The zero-order chi connectivity index (χ0) is 12.4. The van der Waals surface area contributed by atoms with Crippen LogP contribution in [0.1, 0.15) is 31.2 Å². The molecule has 0 spiro atoms. The van der Waals surface area contributed by atoms with Crippen molar-refractivity contribution < 1.29 is 9.63 Å². The van der Waals surface area contributed by atoms with Crippen molar-refractivity contribution in [1.29, 1.82) is 0 Å². The van der Waals surface area contributed by atoms with E-state index in [1.54, 1.807) is 13.1 Å². The first-order valence-electron chi connectivity index (χ1n) is 5.52. The fourth-order valence-corrected chi connectivity index (χ4v) is 1.39. The molecular weight excluding hydrogens is 218 g/mol. The summed E-state index contributed by atoms with van der Waals surface area (Å²) in [5, 5.41) is 13.3. The van der Waals surface area contributed by atoms with E-state index in [4.69, 9.17) is 4.52 Å². The number of hydrogen-bond acceptors (Lipinski definition) is 5. The molecule has 5 heteroatoms. The third-order valence-corrected chi connectivity index (χ3v) is 2.70. The minimum Gasteiger partial charge on any atom is -0.393 e. The second-order valence-corrected chi connectivity index (χ2v) is 4.20. The first-order chi connectivity index (χ1) is 8.08. The van der Waals surface area contributed by atoms with E-state index in [-0.39, 0.29) is 5.92 Å². The molecule has 0 radical (unpaired) electrons. The maximum atomic E-state index is 9.45. The fourth-order valence-electron chi connectivity index (χ4n) is 1.39. The third kappa shape index (κ3) is 2.50. The molecule has 0 aliphatic rings. The highest BCUT2D eigenvalue weighted by Crippen LogP contribution is 2.20. The molecule has 0 amide bonds. The van der Waals surface area contributed by atoms with Gasteiger partial charge in [-0.05, 0) is 31.5 Å². The highest BCUT2D eigenvalue weighted by molar-refractivity contribution is 5.48. The molecule has 2 heterocycles. The van der Waals surface area contributed by atoms with E-state index in [0.29, 0.717) is 17.4 Å². The summed E-state index contributed by atoms with van der Waals surface area (Å²) in [4.78, 5) is 8.42. The van der Waals surface area contributed by atoms with E-state index in [1.165, 1.54) is 0 Å². The van der Waals surface area contributed by atoms with Gasteiger partial charge in [0.25, 0.3) is 0 Å². The Kier molecular flexibility index (Phi) is 3.19. The number of aromatic nitrogens is 3. The lowest BCUT2D eigenvalue weighted by Gasteiger charge is -2.07. The van der Waals surface area contributed by atoms with Crippen molar-refractivity contribution >= 4 is 0 Å². The monoisotopic (exact) mass is 233 g/mol. The number of pyridine rings is 1. The average Bonchev–Trinajstić information content (AvgIpc) is 2.77. The molecule has 2 aromatic rings. The van der Waals surface area contributed by atoms with Crippen LogP contribution in [0.5, 0.6) is 0 Å². The van der Waals surface area contributed by atoms with Gasteiger partial charge < -0.3 is 9.63 Å². The summed E-state index contributed by atoms with van der Waals surface area (Å²) in [6.07, 6.45) is 1.19. The standard InChI is InChI=1S/C12H15N3O2/c1-7-4-5-13-10(6-7)11-14-12(17-15-11)8(2)9(3)16/h4-6,8-9,16H,1-3H3. The molecule has 2 rings (SSSR count). The predicted molar refractivity (Wildman–Crippen MR) is 62.4 cm³/mol. The van der Waals surface area contributed by atoms with Crippen LogP contribution in [0.2, 0.25) is 0 Å². The van der Waals surface area contributed by atoms with E-state index in [2.05, 4.69) is 15.1 Å². The molecule has 5 nitrogen and oxygen atoms in total. The van der Waals surface area contributed by atoms with Crippen LogP contribution in [-0.2, 0) is 0 Å². The van der Waals surface area contributed by atoms with E-state index >= 15 is 0 Å². The first-order valence-corrected chi connectivity index (χ1v) is 5.52. The van der Waals surface area contributed by atoms with Crippen LogP contribution in [0.4, 0.5) is 0 Å². The van der Waals surface area contributed by atoms with Gasteiger partial charge in [0.05, 0.1) is 12.0 Å². The molecule has 0 aromatic carbocycles. The van der Waals surface area contributed by atoms with Crippen molar-refractivity contribution in [1.82, 2.24) is 15.1 Å². The van der Waals surface area contributed by atoms with Crippen LogP contribution in [0.25, 0.3) is 11.5 Å². The number of aliphatic hydroxyl groups is 1. The molecule has 0 aliphatic heterocycles. The maximum Gasteiger partial charge on any atom is 0.232 e. The highest BCUT2D eigenvalue weighted by Gasteiger charge is 2.19. The molecule has 0 saturated carbocycles. The highest BCUT2D eigenvalue weighted by atomic mass is 16.5. The number of aliphatic hydroxyl groups excluding tert-OH is 1. The molecule has 17 heavy (non-hydrogen) atoms. The van der Waals surface area contributed by atoms with Crippen LogP contribution in [0.15, 0.2) is 22.9 Å². The molecule has 90 valence electrons. The minimum absolute atomic E-state index is 0.180. The smallest absolute Gasteiger partial charge is 0.232 e. The Morgan fingerprint density at radius 1 is 1.35 bits per heavy atom.